The molecular formula is C14H18F2O4. The van der Waals surface area contributed by atoms with E-state index in [4.69, 9.17) is 0 Å². The monoisotopic (exact) mass is 288 g/mol. The molecule has 0 fully saturated rings. The summed E-state index contributed by atoms with van der Waals surface area (Å²) >= 11 is 0. The van der Waals surface area contributed by atoms with Gasteiger partial charge in [-0.1, -0.05) is 32.0 Å². The first-order valence-electron chi connectivity index (χ1n) is 6.17. The van der Waals surface area contributed by atoms with E-state index in [1.165, 1.54) is 31.2 Å². The molecule has 0 saturated carbocycles. The molecule has 0 spiro atoms. The molecule has 6 heteroatoms. The number of para-hydroxylation sites is 1. The van der Waals surface area contributed by atoms with Crippen LogP contribution in [0.1, 0.15) is 26.3 Å². The molecule has 2 atom stereocenters. The van der Waals surface area contributed by atoms with Crippen molar-refractivity contribution in [1.82, 2.24) is 0 Å². The molecule has 0 aromatic heterocycles. The number of aliphatic carboxylic acids is 1. The second-order valence-electron chi connectivity index (χ2n) is 5.08. The van der Waals surface area contributed by atoms with E-state index >= 15 is 0 Å². The number of carboxylic acids is 1. The van der Waals surface area contributed by atoms with E-state index in [2.05, 4.69) is 4.74 Å². The van der Waals surface area contributed by atoms with Gasteiger partial charge in [0.25, 0.3) is 0 Å². The highest BCUT2D eigenvalue weighted by atomic mass is 19.3. The van der Waals surface area contributed by atoms with E-state index in [1.54, 1.807) is 13.8 Å². The van der Waals surface area contributed by atoms with E-state index < -0.39 is 24.1 Å². The summed E-state index contributed by atoms with van der Waals surface area (Å²) in [6.45, 7) is 1.53. The van der Waals surface area contributed by atoms with Gasteiger partial charge < -0.3 is 14.9 Å². The smallest absolute Gasteiger partial charge is 0.387 e. The Bertz CT molecular complexity index is 472. The van der Waals surface area contributed by atoms with Crippen LogP contribution in [0.4, 0.5) is 8.78 Å². The maximum atomic E-state index is 12.4. The standard InChI is InChI=1S/C14H18F2O4/c1-8(2)11(12(17)18)14(3,19)9-6-4-5-7-10(9)20-13(15)16/h4-8,11,13,19H,1-3H3,(H,17,18). The summed E-state index contributed by atoms with van der Waals surface area (Å²) in [4.78, 5) is 11.3. The van der Waals surface area contributed by atoms with Crippen LogP contribution in [0.25, 0.3) is 0 Å². The number of benzene rings is 1. The lowest BCUT2D eigenvalue weighted by atomic mass is 9.76. The molecular weight excluding hydrogens is 270 g/mol. The third-order valence-electron chi connectivity index (χ3n) is 3.19. The van der Waals surface area contributed by atoms with E-state index in [1.807, 2.05) is 0 Å². The van der Waals surface area contributed by atoms with Gasteiger partial charge in [0.2, 0.25) is 0 Å². The first kappa shape index (κ1) is 16.4. The van der Waals surface area contributed by atoms with Crippen molar-refractivity contribution in [2.45, 2.75) is 33.0 Å². The number of rotatable bonds is 6. The Morgan fingerprint density at radius 1 is 1.30 bits per heavy atom. The quantitative estimate of drug-likeness (QED) is 0.844. The minimum Gasteiger partial charge on any atom is -0.481 e. The van der Waals surface area contributed by atoms with Crippen LogP contribution in [0.15, 0.2) is 24.3 Å². The minimum absolute atomic E-state index is 0.0291. The van der Waals surface area contributed by atoms with E-state index in [0.29, 0.717) is 0 Å². The van der Waals surface area contributed by atoms with Gasteiger partial charge >= 0.3 is 12.6 Å². The zero-order valence-corrected chi connectivity index (χ0v) is 11.5. The van der Waals surface area contributed by atoms with Crippen LogP contribution in [0.5, 0.6) is 5.75 Å². The van der Waals surface area contributed by atoms with Gasteiger partial charge in [0.1, 0.15) is 11.4 Å². The molecule has 0 aliphatic rings. The molecule has 0 aliphatic heterocycles. The molecule has 1 aromatic rings. The summed E-state index contributed by atoms with van der Waals surface area (Å²) in [7, 11) is 0. The molecule has 0 heterocycles. The van der Waals surface area contributed by atoms with E-state index in [-0.39, 0.29) is 17.2 Å². The average Bonchev–Trinajstić information content (AvgIpc) is 2.26. The summed E-state index contributed by atoms with van der Waals surface area (Å²) in [6.07, 6.45) is 0. The fourth-order valence-corrected chi connectivity index (χ4v) is 2.43. The molecule has 2 unspecified atom stereocenters. The van der Waals surface area contributed by atoms with Crippen LogP contribution >= 0.6 is 0 Å². The Balaban J connectivity index is 3.29. The minimum atomic E-state index is -3.05. The molecule has 112 valence electrons. The zero-order valence-electron chi connectivity index (χ0n) is 11.5. The Hall–Kier alpha value is -1.69. The Kier molecular flexibility index (Phi) is 5.05. The molecule has 0 bridgehead atoms. The predicted octanol–water partition coefficient (Wildman–Crippen LogP) is 2.85. The third-order valence-corrected chi connectivity index (χ3v) is 3.19. The highest BCUT2D eigenvalue weighted by Crippen LogP contribution is 2.39. The number of hydrogen-bond donors (Lipinski definition) is 2. The summed E-state index contributed by atoms with van der Waals surface area (Å²) in [6, 6.07) is 5.66. The van der Waals surface area contributed by atoms with E-state index in [0.717, 1.165) is 0 Å². The average molecular weight is 288 g/mol. The maximum Gasteiger partial charge on any atom is 0.387 e. The molecule has 2 N–H and O–H groups in total. The second-order valence-corrected chi connectivity index (χ2v) is 5.08. The Morgan fingerprint density at radius 3 is 2.30 bits per heavy atom. The molecule has 1 rings (SSSR count). The fourth-order valence-electron chi connectivity index (χ4n) is 2.43. The lowest BCUT2D eigenvalue weighted by Gasteiger charge is -2.34. The number of halogens is 2. The zero-order chi connectivity index (χ0) is 15.5. The van der Waals surface area contributed by atoms with Crippen molar-refractivity contribution in [2.75, 3.05) is 0 Å². The van der Waals surface area contributed by atoms with Crippen LogP contribution in [-0.2, 0) is 10.4 Å². The van der Waals surface area contributed by atoms with Crippen LogP contribution in [0.3, 0.4) is 0 Å². The topological polar surface area (TPSA) is 66.8 Å². The third kappa shape index (κ3) is 3.45. The summed E-state index contributed by atoms with van der Waals surface area (Å²) < 4.78 is 29.1. The lowest BCUT2D eigenvalue weighted by Crippen LogP contribution is -2.40. The molecule has 0 amide bonds. The SMILES string of the molecule is CC(C)C(C(=O)O)C(C)(O)c1ccccc1OC(F)F. The number of hydrogen-bond acceptors (Lipinski definition) is 3. The molecule has 0 saturated heterocycles. The van der Waals surface area contributed by atoms with Gasteiger partial charge in [0.05, 0.1) is 5.92 Å². The fraction of sp³-hybridized carbons (Fsp3) is 0.500. The molecule has 1 aromatic carbocycles. The van der Waals surface area contributed by atoms with Gasteiger partial charge in [0, 0.05) is 5.56 Å². The number of aliphatic hydroxyl groups is 1. The normalized spacial score (nSPS) is 16.0. The van der Waals surface area contributed by atoms with Crippen molar-refractivity contribution in [2.24, 2.45) is 11.8 Å². The first-order valence-corrected chi connectivity index (χ1v) is 6.17. The van der Waals surface area contributed by atoms with Crippen LogP contribution < -0.4 is 4.74 Å². The summed E-state index contributed by atoms with van der Waals surface area (Å²) in [5.41, 5.74) is -1.80. The van der Waals surface area contributed by atoms with Crippen LogP contribution in [0, 0.1) is 11.8 Å². The summed E-state index contributed by atoms with van der Waals surface area (Å²) in [5, 5.41) is 19.8. The van der Waals surface area contributed by atoms with Crippen LogP contribution in [-0.4, -0.2) is 22.8 Å². The number of ether oxygens (including phenoxy) is 1. The van der Waals surface area contributed by atoms with Gasteiger partial charge in [-0.15, -0.1) is 0 Å². The first-order chi connectivity index (χ1) is 9.17. The van der Waals surface area contributed by atoms with Crippen LogP contribution in [0.2, 0.25) is 0 Å². The highest BCUT2D eigenvalue weighted by molar-refractivity contribution is 5.72. The Morgan fingerprint density at radius 2 is 1.85 bits per heavy atom. The predicted molar refractivity (Wildman–Crippen MR) is 68.6 cm³/mol. The molecule has 0 radical (unpaired) electrons. The van der Waals surface area contributed by atoms with Gasteiger partial charge in [0.15, 0.2) is 0 Å². The van der Waals surface area contributed by atoms with Gasteiger partial charge in [-0.05, 0) is 18.9 Å². The number of alkyl halides is 2. The van der Waals surface area contributed by atoms with Gasteiger partial charge in [-0.2, -0.15) is 8.78 Å². The van der Waals surface area contributed by atoms with Crippen molar-refractivity contribution in [3.8, 4) is 5.75 Å². The van der Waals surface area contributed by atoms with Crippen molar-refractivity contribution >= 4 is 5.97 Å². The lowest BCUT2D eigenvalue weighted by molar-refractivity contribution is -0.155. The molecule has 0 aliphatic carbocycles. The summed E-state index contributed by atoms with van der Waals surface area (Å²) in [5.74, 6) is -2.96. The van der Waals surface area contributed by atoms with E-state index in [9.17, 15) is 23.8 Å². The highest BCUT2D eigenvalue weighted by Gasteiger charge is 2.42. The molecule has 4 nitrogen and oxygen atoms in total. The van der Waals surface area contributed by atoms with Crippen molar-refractivity contribution in [3.05, 3.63) is 29.8 Å². The number of carbonyl (C=O) groups is 1. The Labute approximate surface area is 116 Å². The van der Waals surface area contributed by atoms with Crippen molar-refractivity contribution < 1.29 is 28.5 Å². The second kappa shape index (κ2) is 6.17. The van der Waals surface area contributed by atoms with Gasteiger partial charge in [-0.25, -0.2) is 0 Å². The maximum absolute atomic E-state index is 12.4. The van der Waals surface area contributed by atoms with Crippen molar-refractivity contribution in [1.29, 1.82) is 0 Å². The molecule has 20 heavy (non-hydrogen) atoms. The van der Waals surface area contributed by atoms with Gasteiger partial charge in [-0.3, -0.25) is 4.79 Å². The number of carboxylic acid groups (broad SMARTS) is 1. The van der Waals surface area contributed by atoms with Crippen molar-refractivity contribution in [3.63, 3.8) is 0 Å². The largest absolute Gasteiger partial charge is 0.481 e.